The molecular weight excluding hydrogens is 366 g/mol. The molecule has 1 unspecified atom stereocenters. The number of carbonyl (C=O) groups is 1. The highest BCUT2D eigenvalue weighted by molar-refractivity contribution is 5.85. The molecule has 0 fully saturated rings. The zero-order valence-corrected chi connectivity index (χ0v) is 15.4. The first-order valence-corrected chi connectivity index (χ1v) is 9.01. The molecule has 1 atom stereocenters. The summed E-state index contributed by atoms with van der Waals surface area (Å²) >= 11 is 0. The van der Waals surface area contributed by atoms with Crippen molar-refractivity contribution in [1.82, 2.24) is 20.2 Å². The summed E-state index contributed by atoms with van der Waals surface area (Å²) in [4.78, 5) is 16.8. The Morgan fingerprint density at radius 1 is 1.10 bits per heavy atom. The number of benzene rings is 2. The third-order valence-electron chi connectivity index (χ3n) is 4.74. The van der Waals surface area contributed by atoms with E-state index in [1.54, 1.807) is 30.0 Å². The Morgan fingerprint density at radius 3 is 2.69 bits per heavy atom. The first-order chi connectivity index (χ1) is 14.2. The van der Waals surface area contributed by atoms with Crippen molar-refractivity contribution in [3.05, 3.63) is 84.2 Å². The Hall–Kier alpha value is -4.02. The zero-order valence-electron chi connectivity index (χ0n) is 15.4. The molecule has 29 heavy (non-hydrogen) atoms. The lowest BCUT2D eigenvalue weighted by Crippen LogP contribution is -2.32. The number of nitriles is 1. The molecule has 4 rings (SSSR count). The number of hydroxylamine groups is 1. The Morgan fingerprint density at radius 2 is 1.93 bits per heavy atom. The minimum atomic E-state index is -0.750. The van der Waals surface area contributed by atoms with Gasteiger partial charge in [0.1, 0.15) is 6.04 Å². The van der Waals surface area contributed by atoms with Gasteiger partial charge in [-0.2, -0.15) is 10.4 Å². The maximum absolute atomic E-state index is 12.3. The molecule has 2 aromatic carbocycles. The molecule has 0 saturated carbocycles. The quantitative estimate of drug-likeness (QED) is 0.407. The van der Waals surface area contributed by atoms with Crippen LogP contribution in [0.15, 0.2) is 73.1 Å². The summed E-state index contributed by atoms with van der Waals surface area (Å²) < 4.78 is 1.52. The van der Waals surface area contributed by atoms with Crippen LogP contribution in [-0.2, 0) is 11.2 Å². The number of hydrogen-bond donors (Lipinski definition) is 2. The maximum atomic E-state index is 12.3. The standard InChI is InChI=1S/C22H17N5O2/c23-12-16-7-4-8-17(9-16)18-11-19-14-25-27(21(19)24-13-18)20(22(28)26-29)10-15-5-2-1-3-6-15/h1-9,11,13-14,20,29H,10H2,(H,26,28). The van der Waals surface area contributed by atoms with Gasteiger partial charge in [0.2, 0.25) is 0 Å². The van der Waals surface area contributed by atoms with E-state index in [1.807, 2.05) is 48.5 Å². The third-order valence-corrected chi connectivity index (χ3v) is 4.74. The van der Waals surface area contributed by atoms with Gasteiger partial charge in [-0.25, -0.2) is 15.1 Å². The monoisotopic (exact) mass is 383 g/mol. The summed E-state index contributed by atoms with van der Waals surface area (Å²) in [6.07, 6.45) is 3.69. The van der Waals surface area contributed by atoms with E-state index < -0.39 is 11.9 Å². The second-order valence-corrected chi connectivity index (χ2v) is 6.60. The van der Waals surface area contributed by atoms with E-state index in [1.165, 1.54) is 4.68 Å². The van der Waals surface area contributed by atoms with Gasteiger partial charge in [-0.3, -0.25) is 10.0 Å². The van der Waals surface area contributed by atoms with Crippen molar-refractivity contribution in [3.63, 3.8) is 0 Å². The zero-order chi connectivity index (χ0) is 20.2. The summed E-state index contributed by atoms with van der Waals surface area (Å²) in [7, 11) is 0. The lowest BCUT2D eigenvalue weighted by atomic mass is 10.0. The number of nitrogens with zero attached hydrogens (tertiary/aromatic N) is 4. The lowest BCUT2D eigenvalue weighted by Gasteiger charge is -2.16. The Kier molecular flexibility index (Phi) is 5.01. The van der Waals surface area contributed by atoms with Crippen molar-refractivity contribution in [3.8, 4) is 17.2 Å². The highest BCUT2D eigenvalue weighted by Crippen LogP contribution is 2.25. The molecule has 7 nitrogen and oxygen atoms in total. The van der Waals surface area contributed by atoms with Gasteiger partial charge < -0.3 is 0 Å². The minimum absolute atomic E-state index is 0.359. The predicted molar refractivity (Wildman–Crippen MR) is 107 cm³/mol. The molecule has 0 saturated heterocycles. The summed E-state index contributed by atoms with van der Waals surface area (Å²) in [5, 5.41) is 23.4. The van der Waals surface area contributed by atoms with E-state index >= 15 is 0 Å². The topological polar surface area (TPSA) is 104 Å². The lowest BCUT2D eigenvalue weighted by molar-refractivity contribution is -0.132. The van der Waals surface area contributed by atoms with Gasteiger partial charge >= 0.3 is 0 Å². The molecule has 0 spiro atoms. The minimum Gasteiger partial charge on any atom is -0.289 e. The molecule has 1 amide bonds. The van der Waals surface area contributed by atoms with Crippen LogP contribution in [0.2, 0.25) is 0 Å². The molecule has 142 valence electrons. The van der Waals surface area contributed by atoms with Gasteiger partial charge in [0.25, 0.3) is 5.91 Å². The van der Waals surface area contributed by atoms with Crippen molar-refractivity contribution in [2.75, 3.05) is 0 Å². The number of aromatic nitrogens is 3. The number of fused-ring (bicyclic) bond motifs is 1. The number of rotatable bonds is 5. The van der Waals surface area contributed by atoms with Crippen molar-refractivity contribution < 1.29 is 10.0 Å². The molecule has 0 radical (unpaired) electrons. The summed E-state index contributed by atoms with van der Waals surface area (Å²) in [5.74, 6) is -0.563. The first-order valence-electron chi connectivity index (χ1n) is 9.01. The SMILES string of the molecule is N#Cc1cccc(-c2cnc3c(cnn3C(Cc3ccccc3)C(=O)NO)c2)c1. The molecule has 0 bridgehead atoms. The fourth-order valence-electron chi connectivity index (χ4n) is 3.30. The second-order valence-electron chi connectivity index (χ2n) is 6.60. The van der Waals surface area contributed by atoms with Gasteiger partial charge in [0, 0.05) is 23.6 Å². The van der Waals surface area contributed by atoms with Gasteiger partial charge in [-0.1, -0.05) is 42.5 Å². The van der Waals surface area contributed by atoms with Crippen LogP contribution in [0.5, 0.6) is 0 Å². The van der Waals surface area contributed by atoms with E-state index in [2.05, 4.69) is 16.2 Å². The molecule has 0 aliphatic rings. The fraction of sp³-hybridized carbons (Fsp3) is 0.0909. The molecule has 2 heterocycles. The average Bonchev–Trinajstić information content (AvgIpc) is 3.20. The van der Waals surface area contributed by atoms with Crippen molar-refractivity contribution in [2.45, 2.75) is 12.5 Å². The van der Waals surface area contributed by atoms with E-state index in [4.69, 9.17) is 5.26 Å². The molecule has 2 aromatic heterocycles. The van der Waals surface area contributed by atoms with Crippen molar-refractivity contribution >= 4 is 16.9 Å². The molecule has 4 aromatic rings. The number of hydrogen-bond acceptors (Lipinski definition) is 5. The second kappa shape index (κ2) is 7.92. The molecular formula is C22H17N5O2. The van der Waals surface area contributed by atoms with Crippen LogP contribution >= 0.6 is 0 Å². The number of amides is 1. The molecule has 7 heteroatoms. The normalized spacial score (nSPS) is 11.7. The van der Waals surface area contributed by atoms with E-state index in [0.717, 1.165) is 22.1 Å². The van der Waals surface area contributed by atoms with Gasteiger partial charge in [-0.05, 0) is 29.3 Å². The summed E-state index contributed by atoms with van der Waals surface area (Å²) in [5.41, 5.74) is 5.50. The van der Waals surface area contributed by atoms with Crippen molar-refractivity contribution in [2.24, 2.45) is 0 Å². The van der Waals surface area contributed by atoms with E-state index in [0.29, 0.717) is 17.6 Å². The highest BCUT2D eigenvalue weighted by Gasteiger charge is 2.24. The Bertz CT molecular complexity index is 1210. The Labute approximate surface area is 166 Å². The van der Waals surface area contributed by atoms with Crippen LogP contribution < -0.4 is 5.48 Å². The predicted octanol–water partition coefficient (Wildman–Crippen LogP) is 3.26. The van der Waals surface area contributed by atoms with Crippen molar-refractivity contribution in [1.29, 1.82) is 5.26 Å². The number of pyridine rings is 1. The fourth-order valence-corrected chi connectivity index (χ4v) is 3.30. The molecule has 2 N–H and O–H groups in total. The highest BCUT2D eigenvalue weighted by atomic mass is 16.5. The summed E-state index contributed by atoms with van der Waals surface area (Å²) in [6, 6.07) is 20.1. The molecule has 0 aliphatic carbocycles. The third kappa shape index (κ3) is 3.70. The van der Waals surface area contributed by atoms with Crippen LogP contribution in [0, 0.1) is 11.3 Å². The summed E-state index contributed by atoms with van der Waals surface area (Å²) in [6.45, 7) is 0. The molecule has 0 aliphatic heterocycles. The van der Waals surface area contributed by atoms with Crippen LogP contribution in [0.3, 0.4) is 0 Å². The van der Waals surface area contributed by atoms with Crippen LogP contribution in [0.4, 0.5) is 0 Å². The van der Waals surface area contributed by atoms with Crippen LogP contribution in [-0.4, -0.2) is 25.9 Å². The largest absolute Gasteiger partial charge is 0.289 e. The van der Waals surface area contributed by atoms with Gasteiger partial charge in [0.15, 0.2) is 5.65 Å². The number of carbonyl (C=O) groups excluding carboxylic acids is 1. The van der Waals surface area contributed by atoms with E-state index in [9.17, 15) is 10.0 Å². The average molecular weight is 383 g/mol. The smallest absolute Gasteiger partial charge is 0.268 e. The van der Waals surface area contributed by atoms with E-state index in [-0.39, 0.29) is 0 Å². The first kappa shape index (κ1) is 18.3. The van der Waals surface area contributed by atoms with Crippen LogP contribution in [0.1, 0.15) is 17.2 Å². The number of nitrogens with one attached hydrogen (secondary N) is 1. The maximum Gasteiger partial charge on any atom is 0.268 e. The van der Waals surface area contributed by atoms with Crippen LogP contribution in [0.25, 0.3) is 22.2 Å². The van der Waals surface area contributed by atoms with Gasteiger partial charge in [0.05, 0.1) is 17.8 Å². The van der Waals surface area contributed by atoms with Gasteiger partial charge in [-0.15, -0.1) is 0 Å². The Balaban J connectivity index is 1.73.